The van der Waals surface area contributed by atoms with Gasteiger partial charge in [-0.25, -0.2) is 4.98 Å². The summed E-state index contributed by atoms with van der Waals surface area (Å²) in [5.74, 6) is 1.23. The van der Waals surface area contributed by atoms with Gasteiger partial charge in [0.15, 0.2) is 0 Å². The van der Waals surface area contributed by atoms with Crippen molar-refractivity contribution in [3.8, 4) is 0 Å². The molecule has 0 bridgehead atoms. The largest absolute Gasteiger partial charge is 0.339 e. The number of carbonyl (C=O) groups excluding carboxylic acids is 1. The SMILES string of the molecule is CC(C)CCN(CCC(C)C)C(=O)c1ccnc(Cl)c1. The zero-order chi connectivity index (χ0) is 15.1. The molecule has 1 rings (SSSR count). The lowest BCUT2D eigenvalue weighted by atomic mass is 10.1. The fourth-order valence-electron chi connectivity index (χ4n) is 1.86. The smallest absolute Gasteiger partial charge is 0.254 e. The summed E-state index contributed by atoms with van der Waals surface area (Å²) in [6.07, 6.45) is 3.62. The van der Waals surface area contributed by atoms with Gasteiger partial charge in [-0.1, -0.05) is 39.3 Å². The molecule has 0 radical (unpaired) electrons. The molecule has 0 aromatic carbocycles. The monoisotopic (exact) mass is 296 g/mol. The minimum absolute atomic E-state index is 0.0515. The third-order valence-electron chi connectivity index (χ3n) is 3.21. The van der Waals surface area contributed by atoms with Crippen molar-refractivity contribution in [3.05, 3.63) is 29.0 Å². The fourth-order valence-corrected chi connectivity index (χ4v) is 2.03. The molecule has 0 N–H and O–H groups in total. The molecule has 0 saturated heterocycles. The Bertz CT molecular complexity index is 420. The minimum atomic E-state index is 0.0515. The van der Waals surface area contributed by atoms with Crippen molar-refractivity contribution < 1.29 is 4.79 Å². The van der Waals surface area contributed by atoms with Crippen LogP contribution in [-0.2, 0) is 0 Å². The van der Waals surface area contributed by atoms with Gasteiger partial charge >= 0.3 is 0 Å². The fraction of sp³-hybridized carbons (Fsp3) is 0.625. The van der Waals surface area contributed by atoms with E-state index in [-0.39, 0.29) is 5.91 Å². The first-order valence-electron chi connectivity index (χ1n) is 7.31. The molecule has 0 aliphatic carbocycles. The first-order chi connectivity index (χ1) is 9.40. The van der Waals surface area contributed by atoms with Crippen molar-refractivity contribution in [1.29, 1.82) is 0 Å². The van der Waals surface area contributed by atoms with E-state index in [0.29, 0.717) is 22.6 Å². The second kappa shape index (κ2) is 8.25. The van der Waals surface area contributed by atoms with Gasteiger partial charge in [0.1, 0.15) is 5.15 Å². The van der Waals surface area contributed by atoms with Crippen LogP contribution in [0.5, 0.6) is 0 Å². The summed E-state index contributed by atoms with van der Waals surface area (Å²) >= 11 is 5.87. The van der Waals surface area contributed by atoms with Crippen LogP contribution in [0, 0.1) is 11.8 Å². The molecule has 20 heavy (non-hydrogen) atoms. The number of halogens is 1. The average Bonchev–Trinajstić information content (AvgIpc) is 2.37. The highest BCUT2D eigenvalue weighted by atomic mass is 35.5. The highest BCUT2D eigenvalue weighted by Crippen LogP contribution is 2.13. The highest BCUT2D eigenvalue weighted by molar-refractivity contribution is 6.29. The van der Waals surface area contributed by atoms with E-state index in [1.54, 1.807) is 18.3 Å². The van der Waals surface area contributed by atoms with Gasteiger partial charge in [-0.3, -0.25) is 4.79 Å². The van der Waals surface area contributed by atoms with E-state index in [1.807, 2.05) is 4.90 Å². The Labute approximate surface area is 127 Å². The Morgan fingerprint density at radius 2 is 1.75 bits per heavy atom. The lowest BCUT2D eigenvalue weighted by Gasteiger charge is -2.24. The topological polar surface area (TPSA) is 33.2 Å². The number of aromatic nitrogens is 1. The number of pyridine rings is 1. The molecule has 3 nitrogen and oxygen atoms in total. The molecule has 112 valence electrons. The molecule has 0 aliphatic rings. The molecule has 0 aliphatic heterocycles. The molecule has 0 spiro atoms. The zero-order valence-electron chi connectivity index (χ0n) is 12.9. The Hall–Kier alpha value is -1.09. The van der Waals surface area contributed by atoms with E-state index < -0.39 is 0 Å². The van der Waals surface area contributed by atoms with Gasteiger partial charge in [0.2, 0.25) is 0 Å². The maximum Gasteiger partial charge on any atom is 0.254 e. The standard InChI is InChI=1S/C16H25ClN2O/c1-12(2)6-9-19(10-7-13(3)4)16(20)14-5-8-18-15(17)11-14/h5,8,11-13H,6-7,9-10H2,1-4H3. The first kappa shape index (κ1) is 17.0. The maximum atomic E-state index is 12.6. The van der Waals surface area contributed by atoms with Crippen LogP contribution in [0.2, 0.25) is 5.15 Å². The van der Waals surface area contributed by atoms with Gasteiger partial charge < -0.3 is 4.90 Å². The Morgan fingerprint density at radius 3 is 2.20 bits per heavy atom. The molecule has 1 amide bonds. The van der Waals surface area contributed by atoms with E-state index in [2.05, 4.69) is 32.7 Å². The molecule has 1 heterocycles. The number of hydrogen-bond donors (Lipinski definition) is 0. The lowest BCUT2D eigenvalue weighted by Crippen LogP contribution is -2.34. The summed E-state index contributed by atoms with van der Waals surface area (Å²) in [7, 11) is 0. The molecule has 0 atom stereocenters. The van der Waals surface area contributed by atoms with Crippen LogP contribution < -0.4 is 0 Å². The van der Waals surface area contributed by atoms with Crippen LogP contribution in [-0.4, -0.2) is 28.9 Å². The van der Waals surface area contributed by atoms with Crippen molar-refractivity contribution in [3.63, 3.8) is 0 Å². The number of amides is 1. The van der Waals surface area contributed by atoms with E-state index in [9.17, 15) is 4.79 Å². The third-order valence-corrected chi connectivity index (χ3v) is 3.42. The second-order valence-corrected chi connectivity index (χ2v) is 6.41. The summed E-state index contributed by atoms with van der Waals surface area (Å²) in [4.78, 5) is 18.4. The maximum absolute atomic E-state index is 12.6. The van der Waals surface area contributed by atoms with Gasteiger partial charge in [-0.05, 0) is 36.8 Å². The Balaban J connectivity index is 2.76. The number of hydrogen-bond acceptors (Lipinski definition) is 2. The normalized spacial score (nSPS) is 11.2. The predicted octanol–water partition coefficient (Wildman–Crippen LogP) is 4.27. The average molecular weight is 297 g/mol. The van der Waals surface area contributed by atoms with Crippen molar-refractivity contribution >= 4 is 17.5 Å². The first-order valence-corrected chi connectivity index (χ1v) is 7.68. The van der Waals surface area contributed by atoms with Crippen LogP contribution in [0.25, 0.3) is 0 Å². The third kappa shape index (κ3) is 5.91. The summed E-state index contributed by atoms with van der Waals surface area (Å²) in [5, 5.41) is 0.364. The second-order valence-electron chi connectivity index (χ2n) is 6.02. The Morgan fingerprint density at radius 1 is 1.20 bits per heavy atom. The van der Waals surface area contributed by atoms with Crippen LogP contribution >= 0.6 is 11.6 Å². The van der Waals surface area contributed by atoms with E-state index in [0.717, 1.165) is 25.9 Å². The van der Waals surface area contributed by atoms with Crippen LogP contribution in [0.3, 0.4) is 0 Å². The Kier molecular flexibility index (Phi) is 7.00. The van der Waals surface area contributed by atoms with E-state index >= 15 is 0 Å². The van der Waals surface area contributed by atoms with E-state index in [4.69, 9.17) is 11.6 Å². The van der Waals surface area contributed by atoms with Gasteiger partial charge in [-0.2, -0.15) is 0 Å². The summed E-state index contributed by atoms with van der Waals surface area (Å²) < 4.78 is 0. The molecule has 0 saturated carbocycles. The van der Waals surface area contributed by atoms with Crippen LogP contribution in [0.4, 0.5) is 0 Å². The van der Waals surface area contributed by atoms with Crippen molar-refractivity contribution in [1.82, 2.24) is 9.88 Å². The molecular formula is C16H25ClN2O. The van der Waals surface area contributed by atoms with Crippen molar-refractivity contribution in [2.24, 2.45) is 11.8 Å². The highest BCUT2D eigenvalue weighted by Gasteiger charge is 2.16. The van der Waals surface area contributed by atoms with Crippen LogP contribution in [0.15, 0.2) is 18.3 Å². The van der Waals surface area contributed by atoms with Crippen molar-refractivity contribution in [2.75, 3.05) is 13.1 Å². The number of nitrogens with zero attached hydrogens (tertiary/aromatic N) is 2. The lowest BCUT2D eigenvalue weighted by molar-refractivity contribution is 0.0740. The zero-order valence-corrected chi connectivity index (χ0v) is 13.7. The predicted molar refractivity (Wildman–Crippen MR) is 84.1 cm³/mol. The quantitative estimate of drug-likeness (QED) is 0.704. The van der Waals surface area contributed by atoms with E-state index in [1.165, 1.54) is 0 Å². The molecule has 0 unspecified atom stereocenters. The number of carbonyl (C=O) groups is 1. The van der Waals surface area contributed by atoms with Gasteiger partial charge in [0.25, 0.3) is 5.91 Å². The van der Waals surface area contributed by atoms with Crippen LogP contribution in [0.1, 0.15) is 50.9 Å². The van der Waals surface area contributed by atoms with Gasteiger partial charge in [0, 0.05) is 24.8 Å². The molecule has 0 fully saturated rings. The van der Waals surface area contributed by atoms with Gasteiger partial charge in [-0.15, -0.1) is 0 Å². The number of rotatable bonds is 7. The molecule has 4 heteroatoms. The summed E-state index contributed by atoms with van der Waals surface area (Å²) in [6, 6.07) is 3.37. The van der Waals surface area contributed by atoms with Crippen molar-refractivity contribution in [2.45, 2.75) is 40.5 Å². The molecule has 1 aromatic heterocycles. The minimum Gasteiger partial charge on any atom is -0.339 e. The van der Waals surface area contributed by atoms with Gasteiger partial charge in [0.05, 0.1) is 0 Å². The molecular weight excluding hydrogens is 272 g/mol. The summed E-state index contributed by atoms with van der Waals surface area (Å²) in [5.41, 5.74) is 0.623. The molecule has 1 aromatic rings. The summed E-state index contributed by atoms with van der Waals surface area (Å²) in [6.45, 7) is 10.3.